The fourth-order valence-electron chi connectivity index (χ4n) is 4.64. The molecule has 10 nitrogen and oxygen atoms in total. The van der Waals surface area contributed by atoms with Gasteiger partial charge in [-0.2, -0.15) is 0 Å². The second kappa shape index (κ2) is 10.1. The van der Waals surface area contributed by atoms with Gasteiger partial charge in [0.25, 0.3) is 5.91 Å². The van der Waals surface area contributed by atoms with Crippen LogP contribution >= 0.6 is 11.6 Å². The minimum Gasteiger partial charge on any atom is -0.340 e. The van der Waals surface area contributed by atoms with Crippen molar-refractivity contribution in [3.05, 3.63) is 41.1 Å². The van der Waals surface area contributed by atoms with Crippen molar-refractivity contribution in [1.82, 2.24) is 29.6 Å². The maximum Gasteiger partial charge on any atom is 0.320 e. The van der Waals surface area contributed by atoms with E-state index in [1.165, 1.54) is 12.1 Å². The largest absolute Gasteiger partial charge is 0.340 e. The van der Waals surface area contributed by atoms with E-state index in [-0.39, 0.29) is 28.8 Å². The number of hydrogen-bond donors (Lipinski definition) is 2. The Morgan fingerprint density at radius 2 is 1.91 bits per heavy atom. The fourth-order valence-corrected chi connectivity index (χ4v) is 6.14. The maximum atomic E-state index is 14.5. The van der Waals surface area contributed by atoms with E-state index >= 15 is 0 Å². The number of carbonyl (C=O) groups is 2. The number of hydrogen-bond acceptors (Lipinski definition) is 5. The average molecular weight is 527 g/mol. The topological polar surface area (TPSA) is 117 Å². The molecule has 1 aliphatic carbocycles. The molecule has 1 aliphatic heterocycles. The third-order valence-electron chi connectivity index (χ3n) is 6.55. The second-order valence-corrected chi connectivity index (χ2v) is 11.3. The molecule has 13 heteroatoms. The third-order valence-corrected chi connectivity index (χ3v) is 8.15. The Balaban J connectivity index is 1.33. The summed E-state index contributed by atoms with van der Waals surface area (Å²) in [4.78, 5) is 34.6. The average Bonchev–Trinajstić information content (AvgIpc) is 3.39. The quantitative estimate of drug-likeness (QED) is 0.537. The lowest BCUT2D eigenvalue weighted by Crippen LogP contribution is -2.45. The Kier molecular flexibility index (Phi) is 7.34. The first-order chi connectivity index (χ1) is 16.5. The summed E-state index contributed by atoms with van der Waals surface area (Å²) >= 11 is 5.96. The molecule has 4 rings (SSSR count). The number of imidazole rings is 1. The van der Waals surface area contributed by atoms with E-state index in [0.717, 1.165) is 12.8 Å². The lowest BCUT2D eigenvalue weighted by atomic mass is 9.86. The summed E-state index contributed by atoms with van der Waals surface area (Å²) in [5.41, 5.74) is 2.59. The van der Waals surface area contributed by atoms with Crippen LogP contribution in [0.4, 0.5) is 9.18 Å². The molecule has 0 atom stereocenters. The van der Waals surface area contributed by atoms with Gasteiger partial charge in [0.15, 0.2) is 5.82 Å². The van der Waals surface area contributed by atoms with Crippen LogP contribution in [0, 0.1) is 11.7 Å². The lowest BCUT2D eigenvalue weighted by Gasteiger charge is -2.34. The number of aryl methyl sites for hydroxylation is 1. The SMILES string of the molecule is CN1CCN(C2CCC(CS(=O)(=O)NNC(=O)c3cc(-c4cn(C)cn4)cc(Cl)c3F)CC2)C1=O. The fraction of sp³-hybridized carbons (Fsp3) is 0.500. The Hall–Kier alpha value is -2.70. The van der Waals surface area contributed by atoms with Gasteiger partial charge < -0.3 is 14.4 Å². The van der Waals surface area contributed by atoms with Crippen LogP contribution in [0.15, 0.2) is 24.7 Å². The molecule has 0 unspecified atom stereocenters. The first kappa shape index (κ1) is 25.4. The number of amides is 3. The van der Waals surface area contributed by atoms with Gasteiger partial charge in [-0.25, -0.2) is 22.6 Å². The van der Waals surface area contributed by atoms with Gasteiger partial charge in [0, 0.05) is 45.0 Å². The molecule has 0 bridgehead atoms. The van der Waals surface area contributed by atoms with Crippen molar-refractivity contribution in [2.24, 2.45) is 13.0 Å². The molecule has 0 spiro atoms. The number of likely N-dealkylation sites (N-methyl/N-ethyl adjacent to an activating group) is 1. The van der Waals surface area contributed by atoms with Crippen molar-refractivity contribution < 1.29 is 22.4 Å². The van der Waals surface area contributed by atoms with Crippen molar-refractivity contribution in [1.29, 1.82) is 0 Å². The predicted molar refractivity (Wildman–Crippen MR) is 128 cm³/mol. The normalized spacial score (nSPS) is 21.0. The van der Waals surface area contributed by atoms with Crippen molar-refractivity contribution in [2.75, 3.05) is 25.9 Å². The second-order valence-electron chi connectivity index (χ2n) is 9.15. The first-order valence-corrected chi connectivity index (χ1v) is 13.4. The van der Waals surface area contributed by atoms with Crippen molar-refractivity contribution in [3.63, 3.8) is 0 Å². The summed E-state index contributed by atoms with van der Waals surface area (Å²) in [5.74, 6) is -2.20. The molecule has 2 N–H and O–H groups in total. The molecule has 2 heterocycles. The van der Waals surface area contributed by atoms with Crippen molar-refractivity contribution >= 4 is 33.6 Å². The number of halogens is 2. The number of rotatable bonds is 7. The molecule has 2 aromatic rings. The van der Waals surface area contributed by atoms with Gasteiger partial charge in [-0.3, -0.25) is 10.2 Å². The van der Waals surface area contributed by atoms with Gasteiger partial charge in [0.2, 0.25) is 10.0 Å². The van der Waals surface area contributed by atoms with Gasteiger partial charge in [0.1, 0.15) is 0 Å². The van der Waals surface area contributed by atoms with Crippen LogP contribution < -0.4 is 10.3 Å². The zero-order chi connectivity index (χ0) is 25.3. The van der Waals surface area contributed by atoms with Gasteiger partial charge >= 0.3 is 6.03 Å². The molecule has 1 saturated carbocycles. The molecule has 0 radical (unpaired) electrons. The monoisotopic (exact) mass is 526 g/mol. The van der Waals surface area contributed by atoms with Crippen molar-refractivity contribution in [2.45, 2.75) is 31.7 Å². The first-order valence-electron chi connectivity index (χ1n) is 11.3. The van der Waals surface area contributed by atoms with Crippen LogP contribution in [0.25, 0.3) is 11.3 Å². The zero-order valence-electron chi connectivity index (χ0n) is 19.5. The zero-order valence-corrected chi connectivity index (χ0v) is 21.1. The number of carbonyl (C=O) groups excluding carboxylic acids is 2. The molecule has 1 aromatic carbocycles. The third kappa shape index (κ3) is 5.76. The number of sulfonamides is 1. The van der Waals surface area contributed by atoms with Crippen LogP contribution in [-0.2, 0) is 17.1 Å². The molecule has 2 aliphatic rings. The summed E-state index contributed by atoms with van der Waals surface area (Å²) in [7, 11) is -0.326. The number of aromatic nitrogens is 2. The smallest absolute Gasteiger partial charge is 0.320 e. The van der Waals surface area contributed by atoms with E-state index in [9.17, 15) is 22.4 Å². The molecule has 190 valence electrons. The van der Waals surface area contributed by atoms with E-state index in [4.69, 9.17) is 11.6 Å². The summed E-state index contributed by atoms with van der Waals surface area (Å²) in [6.45, 7) is 1.39. The Morgan fingerprint density at radius 3 is 2.51 bits per heavy atom. The number of nitrogens with zero attached hydrogens (tertiary/aromatic N) is 4. The molecular formula is C22H28ClFN6O4S. The summed E-state index contributed by atoms with van der Waals surface area (Å²) < 4.78 is 41.4. The molecule has 1 aromatic heterocycles. The van der Waals surface area contributed by atoms with Gasteiger partial charge in [-0.1, -0.05) is 11.6 Å². The maximum absolute atomic E-state index is 14.5. The van der Waals surface area contributed by atoms with E-state index in [2.05, 4.69) is 15.2 Å². The standard InChI is InChI=1S/C22H28ClFN6O4S/c1-28-11-19(25-13-28)15-9-17(20(24)18(23)10-15)21(31)26-27-35(33,34)12-14-3-5-16(6-4-14)30-8-7-29(2)22(30)32/h9-11,13-14,16,27H,3-8,12H2,1-2H3,(H,26,31). The van der Waals surface area contributed by atoms with Crippen LogP contribution in [0.5, 0.6) is 0 Å². The lowest BCUT2D eigenvalue weighted by molar-refractivity contribution is 0.0941. The van der Waals surface area contributed by atoms with E-state index in [1.54, 1.807) is 36.1 Å². The van der Waals surface area contributed by atoms with E-state index in [0.29, 0.717) is 37.2 Å². The van der Waals surface area contributed by atoms with Crippen LogP contribution in [0.1, 0.15) is 36.0 Å². The minimum atomic E-state index is -3.86. The van der Waals surface area contributed by atoms with E-state index < -0.39 is 27.3 Å². The highest BCUT2D eigenvalue weighted by molar-refractivity contribution is 7.89. The molecule has 2 fully saturated rings. The molecule has 35 heavy (non-hydrogen) atoms. The van der Waals surface area contributed by atoms with Gasteiger partial charge in [0.05, 0.1) is 28.4 Å². The van der Waals surface area contributed by atoms with Gasteiger partial charge in [-0.15, -0.1) is 4.83 Å². The highest BCUT2D eigenvalue weighted by Gasteiger charge is 2.35. The molecular weight excluding hydrogens is 499 g/mol. The molecule has 1 saturated heterocycles. The Bertz CT molecular complexity index is 1230. The molecule has 3 amide bonds. The summed E-state index contributed by atoms with van der Waals surface area (Å²) in [6.07, 6.45) is 6.01. The number of urea groups is 1. The number of benzene rings is 1. The van der Waals surface area contributed by atoms with Crippen LogP contribution in [-0.4, -0.2) is 71.6 Å². The Labute approximate surface area is 208 Å². The highest BCUT2D eigenvalue weighted by Crippen LogP contribution is 2.30. The summed E-state index contributed by atoms with van der Waals surface area (Å²) in [6, 6.07) is 2.76. The van der Waals surface area contributed by atoms with Gasteiger partial charge in [-0.05, 0) is 43.7 Å². The number of hydrazine groups is 1. The summed E-state index contributed by atoms with van der Waals surface area (Å²) in [5, 5.41) is -0.277. The van der Waals surface area contributed by atoms with E-state index in [1.807, 2.05) is 4.90 Å². The predicted octanol–water partition coefficient (Wildman–Crippen LogP) is 2.37. The van der Waals surface area contributed by atoms with Crippen LogP contribution in [0.2, 0.25) is 5.02 Å². The van der Waals surface area contributed by atoms with Crippen molar-refractivity contribution in [3.8, 4) is 11.3 Å². The minimum absolute atomic E-state index is 0.0184. The highest BCUT2D eigenvalue weighted by atomic mass is 35.5. The Morgan fingerprint density at radius 1 is 1.20 bits per heavy atom. The van der Waals surface area contributed by atoms with Crippen LogP contribution in [0.3, 0.4) is 0 Å². The number of nitrogens with one attached hydrogen (secondary N) is 2.